The van der Waals surface area contributed by atoms with Crippen LogP contribution in [0.1, 0.15) is 19.8 Å². The van der Waals surface area contributed by atoms with Gasteiger partial charge in [0.2, 0.25) is 0 Å². The largest absolute Gasteiger partial charge is 0.364 e. The molecule has 0 saturated heterocycles. The van der Waals surface area contributed by atoms with Gasteiger partial charge in [-0.15, -0.1) is 0 Å². The summed E-state index contributed by atoms with van der Waals surface area (Å²) in [6.45, 7) is 2.12. The molecular weight excluding hydrogens is 242 g/mol. The first-order valence-electron chi connectivity index (χ1n) is 4.30. The van der Waals surface area contributed by atoms with Gasteiger partial charge in [-0.25, -0.2) is 4.98 Å². The third-order valence-corrected chi connectivity index (χ3v) is 3.27. The van der Waals surface area contributed by atoms with E-state index in [0.717, 1.165) is 12.8 Å². The number of aromatic nitrogens is 1. The molecule has 0 aromatic carbocycles. The molecule has 0 atom stereocenters. The highest BCUT2D eigenvalue weighted by Crippen LogP contribution is 2.40. The monoisotopic (exact) mass is 250 g/mol. The number of rotatable bonds is 2. The summed E-state index contributed by atoms with van der Waals surface area (Å²) in [7, 11) is 0. The second kappa shape index (κ2) is 3.44. The van der Waals surface area contributed by atoms with Crippen LogP contribution < -0.4 is 5.32 Å². The van der Waals surface area contributed by atoms with Gasteiger partial charge in [0.05, 0.1) is 10.0 Å². The second-order valence-corrected chi connectivity index (χ2v) is 4.95. The lowest BCUT2D eigenvalue weighted by molar-refractivity contribution is 0.821. The van der Waals surface area contributed by atoms with Crippen molar-refractivity contribution in [3.05, 3.63) is 21.3 Å². The molecule has 0 aliphatic heterocycles. The molecule has 1 aliphatic carbocycles. The Balaban J connectivity index is 2.29. The predicted molar refractivity (Wildman–Crippen MR) is 60.5 cm³/mol. The molecule has 14 heavy (non-hydrogen) atoms. The Morgan fingerprint density at radius 2 is 1.93 bits per heavy atom. The van der Waals surface area contributed by atoms with Crippen LogP contribution in [-0.2, 0) is 0 Å². The molecule has 76 valence electrons. The van der Waals surface area contributed by atoms with Gasteiger partial charge in [0.25, 0.3) is 0 Å². The maximum absolute atomic E-state index is 5.97. The Morgan fingerprint density at radius 1 is 1.29 bits per heavy atom. The molecule has 1 N–H and O–H groups in total. The quantitative estimate of drug-likeness (QED) is 0.804. The third kappa shape index (κ3) is 2.08. The Kier molecular flexibility index (Phi) is 2.54. The topological polar surface area (TPSA) is 24.9 Å². The number of pyridine rings is 1. The minimum atomic E-state index is 0.133. The van der Waals surface area contributed by atoms with Crippen LogP contribution in [0, 0.1) is 0 Å². The molecule has 0 bridgehead atoms. The van der Waals surface area contributed by atoms with Crippen molar-refractivity contribution in [2.45, 2.75) is 25.3 Å². The molecule has 0 spiro atoms. The van der Waals surface area contributed by atoms with E-state index >= 15 is 0 Å². The zero-order valence-electron chi connectivity index (χ0n) is 7.57. The fraction of sp³-hybridized carbons (Fsp3) is 0.444. The van der Waals surface area contributed by atoms with Gasteiger partial charge in [0.15, 0.2) is 0 Å². The lowest BCUT2D eigenvalue weighted by Gasteiger charge is -2.13. The zero-order valence-corrected chi connectivity index (χ0v) is 9.84. The average Bonchev–Trinajstić information content (AvgIpc) is 2.80. The number of nitrogens with one attached hydrogen (secondary N) is 1. The lowest BCUT2D eigenvalue weighted by atomic mass is 10.3. The number of anilines is 1. The minimum Gasteiger partial charge on any atom is -0.364 e. The van der Waals surface area contributed by atoms with Crippen LogP contribution in [0.15, 0.2) is 6.07 Å². The van der Waals surface area contributed by atoms with E-state index in [1.54, 1.807) is 6.07 Å². The molecule has 1 aromatic heterocycles. The predicted octanol–water partition coefficient (Wildman–Crippen LogP) is 4.01. The van der Waals surface area contributed by atoms with E-state index in [0.29, 0.717) is 15.9 Å². The zero-order chi connectivity index (χ0) is 10.3. The maximum atomic E-state index is 5.97. The van der Waals surface area contributed by atoms with Gasteiger partial charge in [-0.2, -0.15) is 0 Å². The molecule has 1 saturated carbocycles. The molecule has 0 radical (unpaired) electrons. The molecule has 1 aliphatic rings. The van der Waals surface area contributed by atoms with Gasteiger partial charge in [-0.05, 0) is 25.8 Å². The van der Waals surface area contributed by atoms with E-state index in [1.807, 2.05) is 0 Å². The molecule has 0 amide bonds. The fourth-order valence-corrected chi connectivity index (χ4v) is 1.68. The van der Waals surface area contributed by atoms with Crippen LogP contribution in [0.4, 0.5) is 5.82 Å². The van der Waals surface area contributed by atoms with Crippen molar-refractivity contribution in [1.82, 2.24) is 4.98 Å². The van der Waals surface area contributed by atoms with Crippen molar-refractivity contribution in [2.24, 2.45) is 0 Å². The van der Waals surface area contributed by atoms with Crippen molar-refractivity contribution in [3.63, 3.8) is 0 Å². The highest BCUT2D eigenvalue weighted by atomic mass is 35.5. The van der Waals surface area contributed by atoms with Crippen LogP contribution >= 0.6 is 34.8 Å². The number of nitrogens with zero attached hydrogens (tertiary/aromatic N) is 1. The van der Waals surface area contributed by atoms with Crippen LogP contribution in [0.3, 0.4) is 0 Å². The number of hydrogen-bond acceptors (Lipinski definition) is 2. The van der Waals surface area contributed by atoms with Crippen LogP contribution in [0.25, 0.3) is 0 Å². The van der Waals surface area contributed by atoms with E-state index in [4.69, 9.17) is 34.8 Å². The summed E-state index contributed by atoms with van der Waals surface area (Å²) in [5.41, 5.74) is 0.133. The first-order valence-corrected chi connectivity index (χ1v) is 5.43. The smallest absolute Gasteiger partial charge is 0.150 e. The number of hydrogen-bond donors (Lipinski definition) is 1. The van der Waals surface area contributed by atoms with Gasteiger partial charge in [-0.3, -0.25) is 0 Å². The molecule has 1 heterocycles. The summed E-state index contributed by atoms with van der Waals surface area (Å²) in [5.74, 6) is 0.612. The lowest BCUT2D eigenvalue weighted by Crippen LogP contribution is -2.17. The van der Waals surface area contributed by atoms with Crippen molar-refractivity contribution in [3.8, 4) is 0 Å². The summed E-state index contributed by atoms with van der Waals surface area (Å²) in [4.78, 5) is 4.09. The average molecular weight is 252 g/mol. The molecule has 5 heteroatoms. The Hall–Kier alpha value is -0.180. The SMILES string of the molecule is CC1(Nc2nc(Cl)c(Cl)cc2Cl)CC1. The number of halogens is 3. The highest BCUT2D eigenvalue weighted by Gasteiger charge is 2.37. The Morgan fingerprint density at radius 3 is 2.50 bits per heavy atom. The van der Waals surface area contributed by atoms with Crippen LogP contribution in [0.2, 0.25) is 15.2 Å². The maximum Gasteiger partial charge on any atom is 0.150 e. The highest BCUT2D eigenvalue weighted by molar-refractivity contribution is 6.42. The van der Waals surface area contributed by atoms with Crippen molar-refractivity contribution in [1.29, 1.82) is 0 Å². The summed E-state index contributed by atoms with van der Waals surface area (Å²) < 4.78 is 0. The van der Waals surface area contributed by atoms with E-state index in [1.165, 1.54) is 0 Å². The Bertz CT molecular complexity index is 375. The van der Waals surface area contributed by atoms with Crippen LogP contribution in [-0.4, -0.2) is 10.5 Å². The van der Waals surface area contributed by atoms with E-state index < -0.39 is 0 Å². The van der Waals surface area contributed by atoms with Crippen molar-refractivity contribution in [2.75, 3.05) is 5.32 Å². The minimum absolute atomic E-state index is 0.133. The molecule has 2 nitrogen and oxygen atoms in total. The van der Waals surface area contributed by atoms with E-state index in [2.05, 4.69) is 17.2 Å². The van der Waals surface area contributed by atoms with Gasteiger partial charge < -0.3 is 5.32 Å². The fourth-order valence-electron chi connectivity index (χ4n) is 1.13. The standard InChI is InChI=1S/C9H9Cl3N2/c1-9(2-3-9)14-8-6(11)4-5(10)7(12)13-8/h4H,2-3H2,1H3,(H,13,14). The van der Waals surface area contributed by atoms with Gasteiger partial charge >= 0.3 is 0 Å². The Labute approximate surface area is 97.6 Å². The normalized spacial score (nSPS) is 18.0. The summed E-state index contributed by atoms with van der Waals surface area (Å²) in [5, 5.41) is 4.41. The second-order valence-electron chi connectivity index (χ2n) is 3.78. The molecular formula is C9H9Cl3N2. The first-order chi connectivity index (χ1) is 6.50. The van der Waals surface area contributed by atoms with Crippen LogP contribution in [0.5, 0.6) is 0 Å². The third-order valence-electron chi connectivity index (χ3n) is 2.31. The molecule has 2 rings (SSSR count). The molecule has 1 fully saturated rings. The van der Waals surface area contributed by atoms with E-state index in [-0.39, 0.29) is 10.7 Å². The summed E-state index contributed by atoms with van der Waals surface area (Å²) in [6.07, 6.45) is 2.26. The van der Waals surface area contributed by atoms with E-state index in [9.17, 15) is 0 Å². The summed E-state index contributed by atoms with van der Waals surface area (Å²) >= 11 is 17.5. The van der Waals surface area contributed by atoms with Gasteiger partial charge in [0, 0.05) is 5.54 Å². The van der Waals surface area contributed by atoms with Gasteiger partial charge in [-0.1, -0.05) is 34.8 Å². The van der Waals surface area contributed by atoms with Gasteiger partial charge in [0.1, 0.15) is 11.0 Å². The van der Waals surface area contributed by atoms with Crippen molar-refractivity contribution < 1.29 is 0 Å². The first kappa shape index (κ1) is 10.3. The molecule has 0 unspecified atom stereocenters. The van der Waals surface area contributed by atoms with Crippen molar-refractivity contribution >= 4 is 40.6 Å². The summed E-state index contributed by atoms with van der Waals surface area (Å²) in [6, 6.07) is 1.60. The molecule has 1 aromatic rings.